The second-order valence-electron chi connectivity index (χ2n) is 1.90. The van der Waals surface area contributed by atoms with Gasteiger partial charge in [0.05, 0.1) is 24.1 Å². The molecular formula is C9H10O2. The molecule has 1 aromatic rings. The van der Waals surface area contributed by atoms with Crippen LogP contribution < -0.4 is 0 Å². The lowest BCUT2D eigenvalue weighted by Crippen LogP contribution is -2.24. The first-order valence-electron chi connectivity index (χ1n) is 7.38. The number of aromatic hydroxyl groups is 1. The van der Waals surface area contributed by atoms with E-state index in [0.29, 0.717) is 0 Å². The van der Waals surface area contributed by atoms with Crippen LogP contribution in [0.2, 0.25) is 0 Å². The predicted octanol–water partition coefficient (Wildman–Crippen LogP) is 1.51. The number of hydrogen-bond acceptors (Lipinski definition) is 2. The van der Waals surface area contributed by atoms with Crippen LogP contribution in [0.5, 0.6) is 5.75 Å². The van der Waals surface area contributed by atoms with Crippen molar-refractivity contribution in [3.63, 3.8) is 0 Å². The minimum Gasteiger partial charge on any atom is -0.508 e. The van der Waals surface area contributed by atoms with E-state index in [0.717, 1.165) is 0 Å². The molecule has 0 unspecified atom stereocenters. The highest BCUT2D eigenvalue weighted by molar-refractivity contribution is 5.30. The van der Waals surface area contributed by atoms with Crippen molar-refractivity contribution in [1.82, 2.24) is 0 Å². The van der Waals surface area contributed by atoms with E-state index in [1.807, 2.05) is 0 Å². The standard InChI is InChI=1S/C9H10O2/c10-9-3-1-2-7(4-9)8-5-11-6-8/h1-4,8,10H,5-6H2/i1D,2D,3D,4D,5D2,6D2,8D. The monoisotopic (exact) mass is 159 g/mol. The fourth-order valence-electron chi connectivity index (χ4n) is 0.663. The summed E-state index contributed by atoms with van der Waals surface area (Å²) in [5, 5.41) is 9.57. The van der Waals surface area contributed by atoms with E-state index >= 15 is 0 Å². The highest BCUT2D eigenvalue weighted by Gasteiger charge is 2.20. The molecule has 1 fully saturated rings. The van der Waals surface area contributed by atoms with Crippen LogP contribution in [0.1, 0.15) is 23.8 Å². The zero-order chi connectivity index (χ0) is 15.7. The van der Waals surface area contributed by atoms with E-state index in [1.54, 1.807) is 0 Å². The first-order valence-corrected chi connectivity index (χ1v) is 2.88. The molecule has 0 saturated carbocycles. The maximum Gasteiger partial charge on any atom is 0.115 e. The molecule has 1 aliphatic heterocycles. The van der Waals surface area contributed by atoms with Gasteiger partial charge in [0.2, 0.25) is 0 Å². The van der Waals surface area contributed by atoms with Crippen LogP contribution >= 0.6 is 0 Å². The summed E-state index contributed by atoms with van der Waals surface area (Å²) >= 11 is 0. The van der Waals surface area contributed by atoms with Crippen molar-refractivity contribution in [3.05, 3.63) is 29.7 Å². The van der Waals surface area contributed by atoms with Gasteiger partial charge in [-0.1, -0.05) is 12.1 Å². The van der Waals surface area contributed by atoms with Gasteiger partial charge in [-0.15, -0.1) is 0 Å². The van der Waals surface area contributed by atoms with Gasteiger partial charge in [-0.25, -0.2) is 0 Å². The molecule has 0 atom stereocenters. The largest absolute Gasteiger partial charge is 0.508 e. The Balaban J connectivity index is 2.83. The first kappa shape index (κ1) is 2.02. The van der Waals surface area contributed by atoms with Gasteiger partial charge in [0.15, 0.2) is 0 Å². The molecule has 2 rings (SSSR count). The molecule has 0 bridgehead atoms. The quantitative estimate of drug-likeness (QED) is 0.673. The lowest BCUT2D eigenvalue weighted by molar-refractivity contribution is 0.00836. The van der Waals surface area contributed by atoms with E-state index in [2.05, 4.69) is 4.74 Å². The predicted molar refractivity (Wildman–Crippen MR) is 41.7 cm³/mol. The van der Waals surface area contributed by atoms with Crippen molar-refractivity contribution in [3.8, 4) is 5.75 Å². The van der Waals surface area contributed by atoms with Crippen molar-refractivity contribution >= 4 is 0 Å². The molecule has 0 spiro atoms. The smallest absolute Gasteiger partial charge is 0.115 e. The van der Waals surface area contributed by atoms with Gasteiger partial charge in [0.1, 0.15) is 5.75 Å². The minimum atomic E-state index is -2.83. The molecule has 0 radical (unpaired) electrons. The molecule has 58 valence electrons. The summed E-state index contributed by atoms with van der Waals surface area (Å²) in [4.78, 5) is 0. The van der Waals surface area contributed by atoms with Crippen LogP contribution in [-0.2, 0) is 4.74 Å². The molecule has 0 aliphatic carbocycles. The Labute approximate surface area is 78.1 Å². The first-order chi connectivity index (χ1) is 8.88. The van der Waals surface area contributed by atoms with Crippen molar-refractivity contribution in [2.75, 3.05) is 13.1 Å². The van der Waals surface area contributed by atoms with Crippen LogP contribution in [0, 0.1) is 0 Å². The lowest BCUT2D eigenvalue weighted by atomic mass is 9.98. The Hall–Kier alpha value is -1.02. The van der Waals surface area contributed by atoms with Gasteiger partial charge in [-0.2, -0.15) is 0 Å². The number of benzene rings is 1. The van der Waals surface area contributed by atoms with Crippen LogP contribution in [0.3, 0.4) is 0 Å². The van der Waals surface area contributed by atoms with E-state index in [-0.39, 0.29) is 0 Å². The lowest BCUT2D eigenvalue weighted by Gasteiger charge is -2.26. The fourth-order valence-corrected chi connectivity index (χ4v) is 0.663. The molecule has 2 heteroatoms. The van der Waals surface area contributed by atoms with Gasteiger partial charge in [-0.05, 0) is 17.6 Å². The molecule has 2 nitrogen and oxygen atoms in total. The summed E-state index contributed by atoms with van der Waals surface area (Å²) in [6, 6.07) is -3.36. The highest BCUT2D eigenvalue weighted by atomic mass is 16.5. The van der Waals surface area contributed by atoms with Crippen molar-refractivity contribution < 1.29 is 22.2 Å². The second kappa shape index (κ2) is 2.55. The van der Waals surface area contributed by atoms with E-state index in [9.17, 15) is 5.11 Å². The Morgan fingerprint density at radius 1 is 1.73 bits per heavy atom. The summed E-state index contributed by atoms with van der Waals surface area (Å²) in [6.45, 7) is -5.66. The number of rotatable bonds is 1. The number of phenolic OH excluding ortho intramolecular Hbond substituents is 1. The summed E-state index contributed by atoms with van der Waals surface area (Å²) < 4.78 is 72.3. The molecule has 1 heterocycles. The molecule has 1 N–H and O–H groups in total. The Morgan fingerprint density at radius 3 is 3.27 bits per heavy atom. The number of phenols is 1. The summed E-state index contributed by atoms with van der Waals surface area (Å²) in [5.74, 6) is -3.78. The SMILES string of the molecule is [2H]c1c([2H])c(O)c([2H])c(C2([2H])C([2H])([2H])OC2([2H])[2H])c1[2H]. The van der Waals surface area contributed by atoms with Crippen molar-refractivity contribution in [2.45, 2.75) is 5.89 Å². The third-order valence-corrected chi connectivity index (χ3v) is 1.17. The van der Waals surface area contributed by atoms with Gasteiger partial charge in [0.25, 0.3) is 0 Å². The van der Waals surface area contributed by atoms with E-state index in [4.69, 9.17) is 12.3 Å². The van der Waals surface area contributed by atoms with Gasteiger partial charge in [0, 0.05) is 7.26 Å². The third-order valence-electron chi connectivity index (χ3n) is 1.17. The van der Waals surface area contributed by atoms with Crippen LogP contribution in [0.4, 0.5) is 0 Å². The summed E-state index contributed by atoms with van der Waals surface area (Å²) in [6.07, 6.45) is 0. The van der Waals surface area contributed by atoms with Gasteiger partial charge < -0.3 is 9.84 Å². The van der Waals surface area contributed by atoms with Crippen molar-refractivity contribution in [2.24, 2.45) is 0 Å². The maximum absolute atomic E-state index is 9.57. The molecule has 11 heavy (non-hydrogen) atoms. The molecule has 1 saturated heterocycles. The average molecular weight is 159 g/mol. The fraction of sp³-hybridized carbons (Fsp3) is 0.333. The van der Waals surface area contributed by atoms with Gasteiger partial charge in [-0.3, -0.25) is 0 Å². The Bertz CT molecular complexity index is 555. The highest BCUT2D eigenvalue weighted by Crippen LogP contribution is 2.25. The third kappa shape index (κ3) is 1.21. The van der Waals surface area contributed by atoms with Gasteiger partial charge >= 0.3 is 0 Å². The Kier molecular flexibility index (Phi) is 0.467. The average Bonchev–Trinajstić information content (AvgIpc) is 2.32. The second-order valence-corrected chi connectivity index (χ2v) is 1.90. The number of ether oxygens (including phenoxy) is 1. The topological polar surface area (TPSA) is 29.5 Å². The normalized spacial score (nSPS) is 41.6. The van der Waals surface area contributed by atoms with E-state index < -0.39 is 54.5 Å². The Morgan fingerprint density at radius 2 is 2.55 bits per heavy atom. The van der Waals surface area contributed by atoms with Crippen LogP contribution in [0.15, 0.2) is 24.2 Å². The summed E-state index contributed by atoms with van der Waals surface area (Å²) in [7, 11) is 0. The van der Waals surface area contributed by atoms with Crippen LogP contribution in [-0.4, -0.2) is 18.2 Å². The zero-order valence-electron chi connectivity index (χ0n) is 14.4. The van der Waals surface area contributed by atoms with E-state index in [1.165, 1.54) is 0 Å². The number of hydrogen-bond donors (Lipinski definition) is 1. The maximum atomic E-state index is 9.57. The summed E-state index contributed by atoms with van der Waals surface area (Å²) in [5.41, 5.74) is -0.808. The molecule has 0 amide bonds. The minimum absolute atomic E-state index is 0.797. The zero-order valence-corrected chi connectivity index (χ0v) is 5.36. The molecular weight excluding hydrogens is 140 g/mol. The molecule has 1 aromatic carbocycles. The molecule has 0 aromatic heterocycles. The van der Waals surface area contributed by atoms with Crippen molar-refractivity contribution in [1.29, 1.82) is 0 Å². The molecule has 1 aliphatic rings. The van der Waals surface area contributed by atoms with Crippen LogP contribution in [0.25, 0.3) is 0 Å².